The molecule has 0 spiro atoms. The van der Waals surface area contributed by atoms with Gasteiger partial charge in [0, 0.05) is 6.20 Å². The fourth-order valence-corrected chi connectivity index (χ4v) is 1.25. The van der Waals surface area contributed by atoms with Crippen LogP contribution in [0, 0.1) is 0 Å². The van der Waals surface area contributed by atoms with Gasteiger partial charge in [0.1, 0.15) is 12.2 Å². The van der Waals surface area contributed by atoms with Crippen LogP contribution in [0.25, 0.3) is 0 Å². The Morgan fingerprint density at radius 2 is 2.00 bits per heavy atom. The number of imide groups is 1. The van der Waals surface area contributed by atoms with Crippen molar-refractivity contribution in [1.29, 1.82) is 0 Å². The fraction of sp³-hybridized carbons (Fsp3) is 0.111. The highest BCUT2D eigenvalue weighted by Crippen LogP contribution is 2.20. The number of aromatic nitrogens is 1. The first kappa shape index (κ1) is 9.32. The number of nitrogens with zero attached hydrogens (tertiary/aromatic N) is 2. The summed E-state index contributed by atoms with van der Waals surface area (Å²) in [6.07, 6.45) is 1.15. The minimum absolute atomic E-state index is 0.0841. The summed E-state index contributed by atoms with van der Waals surface area (Å²) < 4.78 is 0. The summed E-state index contributed by atoms with van der Waals surface area (Å²) >= 11 is 0. The van der Waals surface area contributed by atoms with E-state index in [0.29, 0.717) is 0 Å². The Morgan fingerprint density at radius 3 is 2.40 bits per heavy atom. The maximum atomic E-state index is 11.0. The third-order valence-electron chi connectivity index (χ3n) is 2.06. The molecular weight excluding hydrogens is 198 g/mol. The molecule has 1 aromatic rings. The Kier molecular flexibility index (Phi) is 1.96. The summed E-state index contributed by atoms with van der Waals surface area (Å²) in [5.41, 5.74) is 5.25. The van der Waals surface area contributed by atoms with Gasteiger partial charge in [-0.1, -0.05) is 0 Å². The number of carbonyl (C=O) groups is 3. The average molecular weight is 205 g/mol. The molecular formula is C9H7N3O3. The first-order chi connectivity index (χ1) is 7.09. The van der Waals surface area contributed by atoms with Crippen LogP contribution in [-0.4, -0.2) is 22.7 Å². The van der Waals surface area contributed by atoms with Crippen LogP contribution < -0.4 is 10.6 Å². The zero-order chi connectivity index (χ0) is 11.0. The van der Waals surface area contributed by atoms with Crippen molar-refractivity contribution in [3.63, 3.8) is 0 Å². The topological polar surface area (TPSA) is 93.4 Å². The second-order valence-electron chi connectivity index (χ2n) is 3.07. The van der Waals surface area contributed by atoms with E-state index in [4.69, 9.17) is 5.73 Å². The summed E-state index contributed by atoms with van der Waals surface area (Å²) in [7, 11) is 0. The van der Waals surface area contributed by atoms with Gasteiger partial charge in [-0.3, -0.25) is 14.4 Å². The number of rotatable bonds is 2. The molecule has 1 saturated heterocycles. The predicted octanol–water partition coefficient (Wildman–Crippen LogP) is -0.556. The van der Waals surface area contributed by atoms with Crippen LogP contribution in [0.1, 0.15) is 16.8 Å². The number of amides is 3. The number of pyridine rings is 1. The molecule has 0 radical (unpaired) electrons. The summed E-state index contributed by atoms with van der Waals surface area (Å²) in [5.74, 6) is -0.963. The summed E-state index contributed by atoms with van der Waals surface area (Å²) in [4.78, 5) is 37.6. The molecule has 3 amide bonds. The summed E-state index contributed by atoms with van der Waals surface area (Å²) in [6, 6.07) is 2.83. The van der Waals surface area contributed by atoms with Crippen molar-refractivity contribution in [1.82, 2.24) is 4.98 Å². The van der Waals surface area contributed by atoms with E-state index in [2.05, 4.69) is 4.98 Å². The van der Waals surface area contributed by atoms with E-state index in [0.717, 1.165) is 4.90 Å². The number of hydrogen-bond acceptors (Lipinski definition) is 4. The second kappa shape index (κ2) is 3.16. The van der Waals surface area contributed by atoms with Gasteiger partial charge >= 0.3 is 0 Å². The summed E-state index contributed by atoms with van der Waals surface area (Å²) in [5, 5.41) is 0. The molecule has 1 aliphatic rings. The van der Waals surface area contributed by atoms with Crippen LogP contribution in [0.4, 0.5) is 5.82 Å². The Labute approximate surface area is 84.7 Å². The van der Waals surface area contributed by atoms with Crippen LogP contribution in [0.2, 0.25) is 0 Å². The lowest BCUT2D eigenvalue weighted by Gasteiger charge is -2.26. The molecule has 2 N–H and O–H groups in total. The number of primary amides is 1. The smallest absolute Gasteiger partial charge is 0.250 e. The first-order valence-corrected chi connectivity index (χ1v) is 4.21. The van der Waals surface area contributed by atoms with E-state index in [-0.39, 0.29) is 29.6 Å². The molecule has 15 heavy (non-hydrogen) atoms. The Balaban J connectivity index is 2.27. The molecule has 0 atom stereocenters. The Morgan fingerprint density at radius 1 is 1.33 bits per heavy atom. The van der Waals surface area contributed by atoms with Gasteiger partial charge < -0.3 is 5.73 Å². The lowest BCUT2D eigenvalue weighted by molar-refractivity contribution is -0.136. The average Bonchev–Trinajstić information content (AvgIpc) is 2.18. The number of nitrogens with two attached hydrogens (primary N) is 1. The normalized spacial score (nSPS) is 15.1. The van der Waals surface area contributed by atoms with Crippen molar-refractivity contribution >= 4 is 23.5 Å². The van der Waals surface area contributed by atoms with Crippen LogP contribution in [0.15, 0.2) is 18.3 Å². The zero-order valence-corrected chi connectivity index (χ0v) is 7.64. The van der Waals surface area contributed by atoms with E-state index in [1.807, 2.05) is 0 Å². The SMILES string of the molecule is NC(=O)c1ccc(N2C(=O)CC2=O)nc1. The van der Waals surface area contributed by atoms with Gasteiger partial charge in [-0.05, 0) is 12.1 Å². The van der Waals surface area contributed by atoms with Crippen LogP contribution in [-0.2, 0) is 9.59 Å². The lowest BCUT2D eigenvalue weighted by atomic mass is 10.2. The van der Waals surface area contributed by atoms with E-state index < -0.39 is 5.91 Å². The zero-order valence-electron chi connectivity index (χ0n) is 7.64. The van der Waals surface area contributed by atoms with E-state index in [1.54, 1.807) is 0 Å². The van der Waals surface area contributed by atoms with Crippen molar-refractivity contribution in [2.75, 3.05) is 4.90 Å². The minimum atomic E-state index is -0.602. The molecule has 0 unspecified atom stereocenters. The van der Waals surface area contributed by atoms with Gasteiger partial charge in [0.2, 0.25) is 17.7 Å². The van der Waals surface area contributed by atoms with E-state index in [1.165, 1.54) is 18.3 Å². The Hall–Kier alpha value is -2.24. The number of carbonyl (C=O) groups excluding carboxylic acids is 3. The molecule has 0 aromatic carbocycles. The number of hydrogen-bond donors (Lipinski definition) is 1. The molecule has 0 bridgehead atoms. The van der Waals surface area contributed by atoms with Crippen molar-refractivity contribution in [3.8, 4) is 0 Å². The third kappa shape index (κ3) is 1.45. The van der Waals surface area contributed by atoms with Crippen LogP contribution in [0.5, 0.6) is 0 Å². The molecule has 2 heterocycles. The maximum Gasteiger partial charge on any atom is 0.250 e. The molecule has 1 aromatic heterocycles. The molecule has 0 saturated carbocycles. The third-order valence-corrected chi connectivity index (χ3v) is 2.06. The maximum absolute atomic E-state index is 11.0. The van der Waals surface area contributed by atoms with Gasteiger partial charge in [0.15, 0.2) is 0 Å². The molecule has 0 aliphatic carbocycles. The van der Waals surface area contributed by atoms with Crippen molar-refractivity contribution in [2.45, 2.75) is 6.42 Å². The second-order valence-corrected chi connectivity index (χ2v) is 3.07. The van der Waals surface area contributed by atoms with E-state index >= 15 is 0 Å². The monoisotopic (exact) mass is 205 g/mol. The van der Waals surface area contributed by atoms with Crippen molar-refractivity contribution in [3.05, 3.63) is 23.9 Å². The highest BCUT2D eigenvalue weighted by atomic mass is 16.2. The van der Waals surface area contributed by atoms with Gasteiger partial charge in [-0.15, -0.1) is 0 Å². The van der Waals surface area contributed by atoms with Gasteiger partial charge in [-0.25, -0.2) is 9.88 Å². The highest BCUT2D eigenvalue weighted by Gasteiger charge is 2.36. The molecule has 6 heteroatoms. The lowest BCUT2D eigenvalue weighted by Crippen LogP contribution is -2.49. The molecule has 1 fully saturated rings. The van der Waals surface area contributed by atoms with Crippen molar-refractivity contribution < 1.29 is 14.4 Å². The predicted molar refractivity (Wildman–Crippen MR) is 49.9 cm³/mol. The largest absolute Gasteiger partial charge is 0.366 e. The molecule has 76 valence electrons. The quantitative estimate of drug-likeness (QED) is 0.517. The highest BCUT2D eigenvalue weighted by molar-refractivity contribution is 6.30. The fourth-order valence-electron chi connectivity index (χ4n) is 1.25. The standard InChI is InChI=1S/C9H7N3O3/c10-9(15)5-1-2-6(11-4-5)12-7(13)3-8(12)14/h1-2,4H,3H2,(H2,10,15). The van der Waals surface area contributed by atoms with Crippen LogP contribution in [0.3, 0.4) is 0 Å². The van der Waals surface area contributed by atoms with Crippen molar-refractivity contribution in [2.24, 2.45) is 5.73 Å². The van der Waals surface area contributed by atoms with E-state index in [9.17, 15) is 14.4 Å². The molecule has 2 rings (SSSR count). The van der Waals surface area contributed by atoms with Gasteiger partial charge in [0.25, 0.3) is 0 Å². The first-order valence-electron chi connectivity index (χ1n) is 4.21. The summed E-state index contributed by atoms with van der Waals surface area (Å²) in [6.45, 7) is 0. The Bertz CT molecular complexity index is 438. The van der Waals surface area contributed by atoms with Crippen LogP contribution >= 0.6 is 0 Å². The van der Waals surface area contributed by atoms with Gasteiger partial charge in [0.05, 0.1) is 5.56 Å². The molecule has 1 aliphatic heterocycles. The number of anilines is 1. The molecule has 6 nitrogen and oxygen atoms in total. The number of β-lactam (4-membered cyclic amide) rings is 2. The van der Waals surface area contributed by atoms with Gasteiger partial charge in [-0.2, -0.15) is 0 Å². The minimum Gasteiger partial charge on any atom is -0.366 e.